The molecule has 0 N–H and O–H groups in total. The molecule has 0 aliphatic rings. The van der Waals surface area contributed by atoms with E-state index in [2.05, 4.69) is 98.8 Å². The van der Waals surface area contributed by atoms with Crippen molar-refractivity contribution in [3.8, 4) is 54.6 Å². The monoisotopic (exact) mass is 504 g/mol. The van der Waals surface area contributed by atoms with Gasteiger partial charge in [-0.05, 0) is 82.6 Å². The molecule has 0 spiro atoms. The summed E-state index contributed by atoms with van der Waals surface area (Å²) in [7, 11) is 0. The molecule has 0 saturated carbocycles. The lowest BCUT2D eigenvalue weighted by molar-refractivity contribution is 0.317. The molecular weight excluding hydrogens is 472 g/mol. The smallest absolute Gasteiger partial charge is 0.119 e. The van der Waals surface area contributed by atoms with Crippen molar-refractivity contribution >= 4 is 11.3 Å². The predicted molar refractivity (Wildman–Crippen MR) is 158 cm³/mol. The highest BCUT2D eigenvalue weighted by molar-refractivity contribution is 7.18. The van der Waals surface area contributed by atoms with Crippen LogP contribution in [-0.2, 0) is 0 Å². The topological polar surface area (TPSA) is 18.5 Å². The fourth-order valence-electron chi connectivity index (χ4n) is 4.23. The van der Waals surface area contributed by atoms with Gasteiger partial charge in [0.05, 0.1) is 13.2 Å². The number of rotatable bonds is 10. The van der Waals surface area contributed by atoms with Gasteiger partial charge >= 0.3 is 0 Å². The van der Waals surface area contributed by atoms with Crippen LogP contribution >= 0.6 is 11.3 Å². The first-order valence-corrected chi connectivity index (χ1v) is 13.8. The van der Waals surface area contributed by atoms with Crippen molar-refractivity contribution in [1.82, 2.24) is 0 Å². The summed E-state index contributed by atoms with van der Waals surface area (Å²) in [4.78, 5) is 2.55. The third-order valence-electron chi connectivity index (χ3n) is 6.27. The molecule has 0 amide bonds. The van der Waals surface area contributed by atoms with Gasteiger partial charge in [-0.25, -0.2) is 0 Å². The van der Waals surface area contributed by atoms with Crippen molar-refractivity contribution in [1.29, 1.82) is 0 Å². The molecule has 0 saturated heterocycles. The Morgan fingerprint density at radius 1 is 0.405 bits per heavy atom. The molecule has 5 aromatic rings. The Kier molecular flexibility index (Phi) is 8.02. The summed E-state index contributed by atoms with van der Waals surface area (Å²) in [5.41, 5.74) is 7.30. The van der Waals surface area contributed by atoms with E-state index in [4.69, 9.17) is 9.47 Å². The van der Waals surface area contributed by atoms with Gasteiger partial charge in [-0.3, -0.25) is 0 Å². The van der Waals surface area contributed by atoms with E-state index in [-0.39, 0.29) is 0 Å². The molecule has 0 atom stereocenters. The van der Waals surface area contributed by atoms with E-state index in [9.17, 15) is 0 Å². The van der Waals surface area contributed by atoms with E-state index in [1.54, 1.807) is 0 Å². The lowest BCUT2D eigenvalue weighted by atomic mass is 10.0. The summed E-state index contributed by atoms with van der Waals surface area (Å²) in [6.07, 6.45) is 2.03. The van der Waals surface area contributed by atoms with Gasteiger partial charge in [0.2, 0.25) is 0 Å². The van der Waals surface area contributed by atoms with Crippen LogP contribution in [0.4, 0.5) is 0 Å². The molecule has 0 radical (unpaired) electrons. The van der Waals surface area contributed by atoms with Crippen molar-refractivity contribution in [2.45, 2.75) is 26.7 Å². The first kappa shape index (κ1) is 24.9. The molecule has 0 unspecified atom stereocenters. The summed E-state index contributed by atoms with van der Waals surface area (Å²) in [6, 6.07) is 38.8. The van der Waals surface area contributed by atoms with Crippen molar-refractivity contribution < 1.29 is 9.47 Å². The molecular formula is C34H32O2S. The summed E-state index contributed by atoms with van der Waals surface area (Å²) in [5.74, 6) is 1.85. The zero-order valence-electron chi connectivity index (χ0n) is 21.4. The minimum atomic E-state index is 0.754. The van der Waals surface area contributed by atoms with E-state index >= 15 is 0 Å². The maximum absolute atomic E-state index is 5.70. The second kappa shape index (κ2) is 11.9. The third-order valence-corrected chi connectivity index (χ3v) is 7.45. The lowest BCUT2D eigenvalue weighted by Crippen LogP contribution is -1.94. The van der Waals surface area contributed by atoms with Crippen LogP contribution in [0.3, 0.4) is 0 Å². The molecule has 186 valence electrons. The van der Waals surface area contributed by atoms with Crippen LogP contribution in [0, 0.1) is 0 Å². The van der Waals surface area contributed by atoms with Crippen molar-refractivity contribution in [2.24, 2.45) is 0 Å². The Balaban J connectivity index is 1.26. The summed E-state index contributed by atoms with van der Waals surface area (Å²) in [6.45, 7) is 5.74. The SMILES string of the molecule is CCCOc1ccc(-c2ccc(-c3ccc(-c4ccc(-c5ccc(OCCC)cc5)cc4)s3)cc2)cc1. The second-order valence-corrected chi connectivity index (χ2v) is 10.1. The number of hydrogen-bond donors (Lipinski definition) is 0. The Bertz CT molecular complexity index is 1290. The Morgan fingerprint density at radius 3 is 1.03 bits per heavy atom. The first-order valence-electron chi connectivity index (χ1n) is 13.0. The minimum Gasteiger partial charge on any atom is -0.494 e. The van der Waals surface area contributed by atoms with E-state index in [0.29, 0.717) is 0 Å². The van der Waals surface area contributed by atoms with Gasteiger partial charge in [0.15, 0.2) is 0 Å². The molecule has 0 fully saturated rings. The van der Waals surface area contributed by atoms with Crippen LogP contribution in [0.25, 0.3) is 43.1 Å². The van der Waals surface area contributed by atoms with E-state index in [0.717, 1.165) is 37.6 Å². The average Bonchev–Trinajstić information content (AvgIpc) is 3.46. The molecule has 5 rings (SSSR count). The summed E-state index contributed by atoms with van der Waals surface area (Å²) < 4.78 is 11.4. The molecule has 0 aliphatic heterocycles. The van der Waals surface area contributed by atoms with Crippen LogP contribution in [0.1, 0.15) is 26.7 Å². The van der Waals surface area contributed by atoms with Gasteiger partial charge < -0.3 is 9.47 Å². The van der Waals surface area contributed by atoms with E-state index in [1.807, 2.05) is 35.6 Å². The zero-order chi connectivity index (χ0) is 25.5. The lowest BCUT2D eigenvalue weighted by Gasteiger charge is -2.07. The second-order valence-electron chi connectivity index (χ2n) is 9.06. The highest BCUT2D eigenvalue weighted by Crippen LogP contribution is 2.36. The molecule has 0 aliphatic carbocycles. The van der Waals surface area contributed by atoms with E-state index < -0.39 is 0 Å². The largest absolute Gasteiger partial charge is 0.494 e. The van der Waals surface area contributed by atoms with Gasteiger partial charge in [-0.2, -0.15) is 0 Å². The Labute approximate surface area is 224 Å². The maximum atomic E-state index is 5.70. The molecule has 4 aromatic carbocycles. The molecule has 0 bridgehead atoms. The van der Waals surface area contributed by atoms with Gasteiger partial charge in [-0.1, -0.05) is 86.6 Å². The molecule has 2 nitrogen and oxygen atoms in total. The number of thiophene rings is 1. The highest BCUT2D eigenvalue weighted by Gasteiger charge is 2.07. The van der Waals surface area contributed by atoms with Gasteiger partial charge in [0.25, 0.3) is 0 Å². The van der Waals surface area contributed by atoms with Crippen molar-refractivity contribution in [2.75, 3.05) is 13.2 Å². The van der Waals surface area contributed by atoms with Gasteiger partial charge in [-0.15, -0.1) is 11.3 Å². The van der Waals surface area contributed by atoms with E-state index in [1.165, 1.54) is 43.1 Å². The fraction of sp³-hybridized carbons (Fsp3) is 0.176. The summed E-state index contributed by atoms with van der Waals surface area (Å²) in [5, 5.41) is 0. The number of ether oxygens (including phenoxy) is 2. The number of benzene rings is 4. The van der Waals surface area contributed by atoms with Gasteiger partial charge in [0.1, 0.15) is 11.5 Å². The zero-order valence-corrected chi connectivity index (χ0v) is 22.3. The fourth-order valence-corrected chi connectivity index (χ4v) is 5.25. The normalized spacial score (nSPS) is 10.9. The quantitative estimate of drug-likeness (QED) is 0.188. The first-order chi connectivity index (χ1) is 18.2. The van der Waals surface area contributed by atoms with Crippen molar-refractivity contribution in [3.05, 3.63) is 109 Å². The Morgan fingerprint density at radius 2 is 0.703 bits per heavy atom. The van der Waals surface area contributed by atoms with Crippen LogP contribution in [0.5, 0.6) is 11.5 Å². The predicted octanol–water partition coefficient (Wildman–Crippen LogP) is 9.99. The van der Waals surface area contributed by atoms with Crippen LogP contribution in [-0.4, -0.2) is 13.2 Å². The molecule has 1 aromatic heterocycles. The highest BCUT2D eigenvalue weighted by atomic mass is 32.1. The molecule has 1 heterocycles. The van der Waals surface area contributed by atoms with Gasteiger partial charge in [0, 0.05) is 9.75 Å². The standard InChI is InChI=1S/C34H32O2S/c1-3-23-35-31-17-13-27(14-18-31)25-5-9-29(10-6-25)33-21-22-34(37-33)30-11-7-26(8-12-30)28-15-19-32(20-16-28)36-24-4-2/h5-22H,3-4,23-24H2,1-2H3. The average molecular weight is 505 g/mol. The van der Waals surface area contributed by atoms with Crippen LogP contribution in [0.15, 0.2) is 109 Å². The third kappa shape index (κ3) is 6.12. The molecule has 37 heavy (non-hydrogen) atoms. The molecule has 3 heteroatoms. The van der Waals surface area contributed by atoms with Crippen molar-refractivity contribution in [3.63, 3.8) is 0 Å². The maximum Gasteiger partial charge on any atom is 0.119 e. The summed E-state index contributed by atoms with van der Waals surface area (Å²) >= 11 is 1.83. The van der Waals surface area contributed by atoms with Crippen LogP contribution < -0.4 is 9.47 Å². The number of hydrogen-bond acceptors (Lipinski definition) is 3. The minimum absolute atomic E-state index is 0.754. The van der Waals surface area contributed by atoms with Crippen LogP contribution in [0.2, 0.25) is 0 Å². The Hall–Kier alpha value is -3.82.